The Kier molecular flexibility index (Phi) is 4.70. The van der Waals surface area contributed by atoms with Crippen LogP contribution in [0.1, 0.15) is 106 Å². The Balaban J connectivity index is 1.15. The molecule has 7 fully saturated rings. The lowest BCUT2D eigenvalue weighted by Crippen LogP contribution is -2.57. The Morgan fingerprint density at radius 3 is 2.31 bits per heavy atom. The van der Waals surface area contributed by atoms with Gasteiger partial charge < -0.3 is 18.9 Å². The van der Waals surface area contributed by atoms with Crippen LogP contribution >= 0.6 is 0 Å². The zero-order chi connectivity index (χ0) is 24.8. The van der Waals surface area contributed by atoms with Crippen molar-refractivity contribution in [2.45, 2.75) is 136 Å². The van der Waals surface area contributed by atoms with Crippen LogP contribution in [0.15, 0.2) is 0 Å². The lowest BCUT2D eigenvalue weighted by molar-refractivity contribution is -0.385. The van der Waals surface area contributed by atoms with E-state index in [0.717, 1.165) is 30.1 Å². The molecule has 7 rings (SSSR count). The van der Waals surface area contributed by atoms with Gasteiger partial charge in [0.05, 0.1) is 17.8 Å². The minimum absolute atomic E-state index is 0.194. The van der Waals surface area contributed by atoms with Crippen molar-refractivity contribution in [3.05, 3.63) is 0 Å². The lowest BCUT2D eigenvalue weighted by atomic mass is 9.45. The Labute approximate surface area is 213 Å². The van der Waals surface area contributed by atoms with Gasteiger partial charge >= 0.3 is 0 Å². The van der Waals surface area contributed by atoms with E-state index in [4.69, 9.17) is 18.9 Å². The topological polar surface area (TPSA) is 36.9 Å². The lowest BCUT2D eigenvalue weighted by Gasteiger charge is -2.61. The molecule has 0 N–H and O–H groups in total. The molecule has 0 unspecified atom stereocenters. The molecule has 7 aliphatic rings. The summed E-state index contributed by atoms with van der Waals surface area (Å²) in [5.41, 5.74) is 0.828. The zero-order valence-corrected chi connectivity index (χ0v) is 23.6. The molecule has 0 amide bonds. The molecule has 0 aromatic heterocycles. The van der Waals surface area contributed by atoms with Gasteiger partial charge in [0.25, 0.3) is 5.97 Å². The van der Waals surface area contributed by atoms with Gasteiger partial charge in [-0.3, -0.25) is 0 Å². The molecule has 5 aliphatic carbocycles. The third-order valence-electron chi connectivity index (χ3n) is 14.2. The van der Waals surface area contributed by atoms with Crippen LogP contribution in [0, 0.1) is 51.8 Å². The third-order valence-corrected chi connectivity index (χ3v) is 14.2. The molecule has 4 nitrogen and oxygen atoms in total. The zero-order valence-electron chi connectivity index (χ0n) is 23.6. The first kappa shape index (κ1) is 23.9. The van der Waals surface area contributed by atoms with E-state index in [-0.39, 0.29) is 17.3 Å². The number of methoxy groups -OCH3 is 1. The van der Waals surface area contributed by atoms with Crippen molar-refractivity contribution >= 4 is 0 Å². The molecule has 1 spiro atoms. The largest absolute Gasteiger partial charge is 0.381 e. The van der Waals surface area contributed by atoms with Crippen LogP contribution in [0.3, 0.4) is 0 Å². The summed E-state index contributed by atoms with van der Waals surface area (Å²) >= 11 is 0. The Bertz CT molecular complexity index is 914. The van der Waals surface area contributed by atoms with Gasteiger partial charge in [-0.15, -0.1) is 0 Å². The summed E-state index contributed by atoms with van der Waals surface area (Å²) in [6.07, 6.45) is 12.9. The van der Waals surface area contributed by atoms with Crippen LogP contribution in [0.25, 0.3) is 0 Å². The minimum Gasteiger partial charge on any atom is -0.381 e. The fourth-order valence-electron chi connectivity index (χ4n) is 12.2. The minimum atomic E-state index is -0.909. The molecular formula is C31H50O4. The van der Waals surface area contributed by atoms with Crippen LogP contribution in [0.5, 0.6) is 0 Å². The summed E-state index contributed by atoms with van der Waals surface area (Å²) in [5, 5.41) is 0. The van der Waals surface area contributed by atoms with Gasteiger partial charge in [-0.2, -0.15) is 0 Å². The Morgan fingerprint density at radius 1 is 0.857 bits per heavy atom. The number of ether oxygens (including phenoxy) is 4. The van der Waals surface area contributed by atoms with Gasteiger partial charge in [0.1, 0.15) is 5.60 Å². The van der Waals surface area contributed by atoms with E-state index in [0.29, 0.717) is 34.2 Å². The maximum atomic E-state index is 6.63. The predicted molar refractivity (Wildman–Crippen MR) is 136 cm³/mol. The van der Waals surface area contributed by atoms with Gasteiger partial charge in [-0.05, 0) is 118 Å². The molecule has 0 aromatic carbocycles. The average molecular weight is 487 g/mol. The van der Waals surface area contributed by atoms with Gasteiger partial charge in [-0.25, -0.2) is 0 Å². The second-order valence-electron chi connectivity index (χ2n) is 15.5. The summed E-state index contributed by atoms with van der Waals surface area (Å²) in [5.74, 6) is 3.88. The summed E-state index contributed by atoms with van der Waals surface area (Å²) in [6, 6.07) is 0. The molecular weight excluding hydrogens is 436 g/mol. The van der Waals surface area contributed by atoms with Crippen LogP contribution in [0.4, 0.5) is 0 Å². The van der Waals surface area contributed by atoms with Crippen molar-refractivity contribution in [3.8, 4) is 0 Å². The molecule has 0 radical (unpaired) electrons. The summed E-state index contributed by atoms with van der Waals surface area (Å²) in [4.78, 5) is 0. The van der Waals surface area contributed by atoms with Crippen molar-refractivity contribution in [1.82, 2.24) is 0 Å². The van der Waals surface area contributed by atoms with E-state index in [9.17, 15) is 0 Å². The van der Waals surface area contributed by atoms with Crippen molar-refractivity contribution in [2.24, 2.45) is 51.8 Å². The number of hydrogen-bond donors (Lipinski definition) is 0. The molecule has 2 bridgehead atoms. The van der Waals surface area contributed by atoms with Crippen LogP contribution in [-0.4, -0.2) is 36.5 Å². The fraction of sp³-hybridized carbons (Fsp3) is 1.00. The molecule has 4 heteroatoms. The monoisotopic (exact) mass is 486 g/mol. The first-order chi connectivity index (χ1) is 16.3. The van der Waals surface area contributed by atoms with Crippen LogP contribution in [0.2, 0.25) is 0 Å². The quantitative estimate of drug-likeness (QED) is 0.432. The highest BCUT2D eigenvalue weighted by Crippen LogP contribution is 2.82. The maximum absolute atomic E-state index is 6.63. The van der Waals surface area contributed by atoms with E-state index >= 15 is 0 Å². The SMILES string of the molecule is CO[C@@H]1C[C@H]2[C@@H]3CC[C@H]([C@H](C)[C@@H]4C[C@@]5(C)O[C@@](C)(O4)OC5(C)C)[C@@]3(C)CC[C@@H]2[C@@]2(C)CC[C@H]3C[C@]312. The second kappa shape index (κ2) is 6.88. The highest BCUT2D eigenvalue weighted by Gasteiger charge is 2.77. The summed E-state index contributed by atoms with van der Waals surface area (Å²) in [7, 11) is 2.01. The molecule has 0 aromatic rings. The summed E-state index contributed by atoms with van der Waals surface area (Å²) in [6.45, 7) is 16.4. The maximum Gasteiger partial charge on any atom is 0.281 e. The van der Waals surface area contributed by atoms with Crippen molar-refractivity contribution in [3.63, 3.8) is 0 Å². The normalized spacial score (nSPS) is 62.6. The van der Waals surface area contributed by atoms with Crippen LogP contribution in [-0.2, 0) is 18.9 Å². The highest BCUT2D eigenvalue weighted by atomic mass is 16.9. The average Bonchev–Trinajstić information content (AvgIpc) is 3.23. The smallest absolute Gasteiger partial charge is 0.281 e. The number of fused-ring (bicyclic) bond motifs is 6. The number of hydrogen-bond acceptors (Lipinski definition) is 4. The van der Waals surface area contributed by atoms with Gasteiger partial charge in [0.15, 0.2) is 0 Å². The van der Waals surface area contributed by atoms with E-state index in [1.165, 1.54) is 51.4 Å². The van der Waals surface area contributed by atoms with Gasteiger partial charge in [0.2, 0.25) is 0 Å². The fourth-order valence-corrected chi connectivity index (χ4v) is 12.2. The van der Waals surface area contributed by atoms with E-state index < -0.39 is 5.97 Å². The molecule has 35 heavy (non-hydrogen) atoms. The molecule has 2 saturated heterocycles. The summed E-state index contributed by atoms with van der Waals surface area (Å²) < 4.78 is 25.7. The second-order valence-corrected chi connectivity index (χ2v) is 15.5. The molecule has 2 heterocycles. The highest BCUT2D eigenvalue weighted by molar-refractivity contribution is 5.26. The number of rotatable bonds is 3. The van der Waals surface area contributed by atoms with Crippen LogP contribution < -0.4 is 0 Å². The first-order valence-electron chi connectivity index (χ1n) is 14.9. The molecule has 5 saturated carbocycles. The molecule has 13 atom stereocenters. The molecule has 2 aliphatic heterocycles. The Hall–Kier alpha value is -0.160. The predicted octanol–water partition coefficient (Wildman–Crippen LogP) is 6.95. The van der Waals surface area contributed by atoms with E-state index in [1.54, 1.807) is 0 Å². The van der Waals surface area contributed by atoms with E-state index in [1.807, 2.05) is 14.0 Å². The first-order valence-corrected chi connectivity index (χ1v) is 14.9. The van der Waals surface area contributed by atoms with Gasteiger partial charge in [-0.1, -0.05) is 20.8 Å². The van der Waals surface area contributed by atoms with E-state index in [2.05, 4.69) is 41.5 Å². The van der Waals surface area contributed by atoms with Crippen molar-refractivity contribution in [1.29, 1.82) is 0 Å². The van der Waals surface area contributed by atoms with Crippen molar-refractivity contribution in [2.75, 3.05) is 7.11 Å². The standard InChI is InChI=1S/C31H50O4/c1-18(24-17-29(6)26(2,3)34-30(7,33-24)35-29)21-9-10-22-20-15-25(32-8)31-16-19(31)11-14-28(31,5)23(20)12-13-27(21,22)4/h18-25H,9-17H2,1-8H3/t18-,19-,20-,21+,22-,23-,24-,25+,27+,28+,29+,30-,31-/m0/s1. The van der Waals surface area contributed by atoms with Crippen molar-refractivity contribution < 1.29 is 18.9 Å². The van der Waals surface area contributed by atoms with Gasteiger partial charge in [0, 0.05) is 25.9 Å². The molecule has 198 valence electrons. The Morgan fingerprint density at radius 2 is 1.63 bits per heavy atom. The third kappa shape index (κ3) is 2.74.